The Bertz CT molecular complexity index is 455. The van der Waals surface area contributed by atoms with Crippen molar-refractivity contribution in [1.29, 1.82) is 0 Å². The van der Waals surface area contributed by atoms with E-state index in [0.29, 0.717) is 5.92 Å². The van der Waals surface area contributed by atoms with E-state index in [-0.39, 0.29) is 0 Å². The number of hydrogen-bond donors (Lipinski definition) is 2. The van der Waals surface area contributed by atoms with E-state index in [2.05, 4.69) is 51.6 Å². The van der Waals surface area contributed by atoms with Crippen molar-refractivity contribution in [1.82, 2.24) is 20.4 Å². The van der Waals surface area contributed by atoms with Gasteiger partial charge < -0.3 is 10.6 Å². The quantitative estimate of drug-likeness (QED) is 0.416. The molecule has 0 aliphatic rings. The topological polar surface area (TPSA) is 54.2 Å². The van der Waals surface area contributed by atoms with Crippen LogP contribution in [-0.4, -0.2) is 47.9 Å². The molecule has 0 fully saturated rings. The van der Waals surface area contributed by atoms with Gasteiger partial charge in [0.25, 0.3) is 0 Å². The third-order valence-corrected chi connectivity index (χ3v) is 4.19. The Morgan fingerprint density at radius 2 is 2.14 bits per heavy atom. The highest BCUT2D eigenvalue weighted by Gasteiger charge is 2.08. The predicted octanol–water partition coefficient (Wildman–Crippen LogP) is 2.44. The highest BCUT2D eigenvalue weighted by atomic mass is 32.2. The van der Waals surface area contributed by atoms with Gasteiger partial charge in [-0.1, -0.05) is 6.92 Å². The van der Waals surface area contributed by atoms with E-state index in [1.807, 2.05) is 25.7 Å². The second-order valence-corrected chi connectivity index (χ2v) is 6.78. The van der Waals surface area contributed by atoms with Gasteiger partial charge in [0, 0.05) is 32.4 Å². The van der Waals surface area contributed by atoms with Crippen molar-refractivity contribution in [2.45, 2.75) is 40.2 Å². The van der Waals surface area contributed by atoms with E-state index < -0.39 is 0 Å². The Morgan fingerprint density at radius 3 is 2.73 bits per heavy atom. The smallest absolute Gasteiger partial charge is 0.190 e. The number of nitrogens with one attached hydrogen (secondary N) is 2. The zero-order chi connectivity index (χ0) is 16.4. The fourth-order valence-corrected chi connectivity index (χ4v) is 2.78. The molecule has 1 heterocycles. The van der Waals surface area contributed by atoms with Gasteiger partial charge in [-0.3, -0.25) is 9.67 Å². The maximum absolute atomic E-state index is 4.52. The normalized spacial score (nSPS) is 13.2. The lowest BCUT2D eigenvalue weighted by Gasteiger charge is -2.16. The molecule has 1 rings (SSSR count). The molecule has 1 atom stereocenters. The molecule has 0 aliphatic heterocycles. The molecule has 0 amide bonds. The van der Waals surface area contributed by atoms with Crippen LogP contribution in [0.4, 0.5) is 0 Å². The van der Waals surface area contributed by atoms with Gasteiger partial charge in [-0.05, 0) is 50.7 Å². The van der Waals surface area contributed by atoms with E-state index in [1.54, 1.807) is 0 Å². The van der Waals surface area contributed by atoms with Crippen LogP contribution < -0.4 is 10.6 Å². The second-order valence-electron chi connectivity index (χ2n) is 5.79. The highest BCUT2D eigenvalue weighted by molar-refractivity contribution is 7.98. The first-order valence-electron chi connectivity index (χ1n) is 8.01. The van der Waals surface area contributed by atoms with Crippen molar-refractivity contribution in [3.05, 3.63) is 17.5 Å². The van der Waals surface area contributed by atoms with Gasteiger partial charge in [-0.15, -0.1) is 0 Å². The Morgan fingerprint density at radius 1 is 1.36 bits per heavy atom. The zero-order valence-electron chi connectivity index (χ0n) is 14.6. The third-order valence-electron chi connectivity index (χ3n) is 3.50. The van der Waals surface area contributed by atoms with Crippen LogP contribution in [0, 0.1) is 19.8 Å². The van der Waals surface area contributed by atoms with Crippen LogP contribution in [0.15, 0.2) is 11.1 Å². The molecule has 1 aromatic rings. The molecule has 0 aliphatic carbocycles. The molecule has 0 aromatic carbocycles. The lowest BCUT2D eigenvalue weighted by Crippen LogP contribution is -2.40. The molecule has 0 saturated carbocycles. The van der Waals surface area contributed by atoms with Crippen LogP contribution in [0.3, 0.4) is 0 Å². The van der Waals surface area contributed by atoms with Crippen LogP contribution >= 0.6 is 11.8 Å². The summed E-state index contributed by atoms with van der Waals surface area (Å²) >= 11 is 1.90. The SMILES string of the molecule is CN=C(NCCCCSC)NCC(C)Cn1nc(C)cc1C. The van der Waals surface area contributed by atoms with Gasteiger partial charge in [-0.25, -0.2) is 0 Å². The van der Waals surface area contributed by atoms with Crippen molar-refractivity contribution in [2.24, 2.45) is 10.9 Å². The summed E-state index contributed by atoms with van der Waals surface area (Å²) in [7, 11) is 1.82. The van der Waals surface area contributed by atoms with Crippen molar-refractivity contribution in [3.63, 3.8) is 0 Å². The molecule has 1 aromatic heterocycles. The molecular weight excluding hydrogens is 294 g/mol. The highest BCUT2D eigenvalue weighted by Crippen LogP contribution is 2.05. The van der Waals surface area contributed by atoms with Gasteiger partial charge in [0.15, 0.2) is 5.96 Å². The average molecular weight is 326 g/mol. The van der Waals surface area contributed by atoms with Crippen LogP contribution in [0.5, 0.6) is 0 Å². The molecule has 126 valence electrons. The minimum Gasteiger partial charge on any atom is -0.356 e. The lowest BCUT2D eigenvalue weighted by molar-refractivity contribution is 0.436. The predicted molar refractivity (Wildman–Crippen MR) is 97.8 cm³/mol. The Balaban J connectivity index is 2.26. The van der Waals surface area contributed by atoms with E-state index in [0.717, 1.165) is 31.3 Å². The fourth-order valence-electron chi connectivity index (χ4n) is 2.29. The van der Waals surface area contributed by atoms with Gasteiger partial charge >= 0.3 is 0 Å². The number of rotatable bonds is 9. The number of unbranched alkanes of at least 4 members (excludes halogenated alkanes) is 1. The zero-order valence-corrected chi connectivity index (χ0v) is 15.5. The summed E-state index contributed by atoms with van der Waals surface area (Å²) in [6, 6.07) is 2.12. The van der Waals surface area contributed by atoms with E-state index in [9.17, 15) is 0 Å². The molecule has 5 nitrogen and oxygen atoms in total. The van der Waals surface area contributed by atoms with Crippen LogP contribution in [0.2, 0.25) is 0 Å². The second kappa shape index (κ2) is 10.5. The molecular formula is C16H31N5S. The summed E-state index contributed by atoms with van der Waals surface area (Å²) in [5, 5.41) is 11.3. The first-order chi connectivity index (χ1) is 10.6. The summed E-state index contributed by atoms with van der Waals surface area (Å²) in [5.74, 6) is 2.62. The molecule has 1 unspecified atom stereocenters. The summed E-state index contributed by atoms with van der Waals surface area (Å²) in [5.41, 5.74) is 2.31. The maximum atomic E-state index is 4.52. The molecule has 0 spiro atoms. The Kier molecular flexibility index (Phi) is 9.04. The van der Waals surface area contributed by atoms with E-state index in [4.69, 9.17) is 0 Å². The summed E-state index contributed by atoms with van der Waals surface area (Å²) in [6.07, 6.45) is 4.58. The number of aryl methyl sites for hydroxylation is 2. The Hall–Kier alpha value is -1.17. The molecule has 2 N–H and O–H groups in total. The van der Waals surface area contributed by atoms with Gasteiger partial charge in [0.05, 0.1) is 5.69 Å². The number of guanidine groups is 1. The standard InChI is InChI=1S/C16H31N5S/c1-13(12-21-15(3)10-14(2)20-21)11-19-16(17-4)18-8-6-7-9-22-5/h10,13H,6-9,11-12H2,1-5H3,(H2,17,18,19). The van der Waals surface area contributed by atoms with Crippen molar-refractivity contribution >= 4 is 17.7 Å². The minimum atomic E-state index is 0.494. The van der Waals surface area contributed by atoms with E-state index in [1.165, 1.54) is 24.3 Å². The summed E-state index contributed by atoms with van der Waals surface area (Å²) in [6.45, 7) is 9.17. The largest absolute Gasteiger partial charge is 0.356 e. The molecule has 0 radical (unpaired) electrons. The number of hydrogen-bond acceptors (Lipinski definition) is 3. The molecule has 0 bridgehead atoms. The summed E-state index contributed by atoms with van der Waals surface area (Å²) in [4.78, 5) is 4.27. The summed E-state index contributed by atoms with van der Waals surface area (Å²) < 4.78 is 2.08. The Labute approximate surface area is 139 Å². The molecule has 22 heavy (non-hydrogen) atoms. The van der Waals surface area contributed by atoms with Crippen molar-refractivity contribution in [3.8, 4) is 0 Å². The lowest BCUT2D eigenvalue weighted by atomic mass is 10.2. The van der Waals surface area contributed by atoms with Gasteiger partial charge in [-0.2, -0.15) is 16.9 Å². The number of aliphatic imine (C=N–C) groups is 1. The number of aromatic nitrogens is 2. The average Bonchev–Trinajstić information content (AvgIpc) is 2.79. The van der Waals surface area contributed by atoms with Crippen LogP contribution in [0.1, 0.15) is 31.2 Å². The van der Waals surface area contributed by atoms with Gasteiger partial charge in [0.1, 0.15) is 0 Å². The van der Waals surface area contributed by atoms with Crippen molar-refractivity contribution < 1.29 is 0 Å². The van der Waals surface area contributed by atoms with Crippen LogP contribution in [0.25, 0.3) is 0 Å². The van der Waals surface area contributed by atoms with Crippen LogP contribution in [-0.2, 0) is 6.54 Å². The third kappa shape index (κ3) is 7.20. The molecule has 0 saturated heterocycles. The molecule has 6 heteroatoms. The fraction of sp³-hybridized carbons (Fsp3) is 0.750. The van der Waals surface area contributed by atoms with E-state index >= 15 is 0 Å². The first kappa shape index (κ1) is 18.9. The number of nitrogens with zero attached hydrogens (tertiary/aromatic N) is 3. The first-order valence-corrected chi connectivity index (χ1v) is 9.40. The monoisotopic (exact) mass is 325 g/mol. The van der Waals surface area contributed by atoms with Gasteiger partial charge in [0.2, 0.25) is 0 Å². The van der Waals surface area contributed by atoms with Crippen molar-refractivity contribution in [2.75, 3.05) is 32.1 Å². The minimum absolute atomic E-state index is 0.494. The number of thioether (sulfide) groups is 1. The maximum Gasteiger partial charge on any atom is 0.190 e.